The lowest BCUT2D eigenvalue weighted by Gasteiger charge is -2.22. The van der Waals surface area contributed by atoms with E-state index in [0.29, 0.717) is 0 Å². The van der Waals surface area contributed by atoms with Crippen molar-refractivity contribution in [2.24, 2.45) is 0 Å². The summed E-state index contributed by atoms with van der Waals surface area (Å²) in [6.45, 7) is 4.21. The van der Waals surface area contributed by atoms with Gasteiger partial charge in [-0.15, -0.1) is 0 Å². The van der Waals surface area contributed by atoms with E-state index in [2.05, 4.69) is 24.1 Å². The minimum atomic E-state index is 0.118. The Kier molecular flexibility index (Phi) is 5.17. The summed E-state index contributed by atoms with van der Waals surface area (Å²) in [5.74, 6) is 1.67. The fourth-order valence-electron chi connectivity index (χ4n) is 2.36. The molecule has 1 aromatic heterocycles. The van der Waals surface area contributed by atoms with Crippen LogP contribution in [0.4, 0.5) is 0 Å². The number of ether oxygens (including phenoxy) is 2. The Hall–Kier alpha value is -2.07. The van der Waals surface area contributed by atoms with E-state index in [9.17, 15) is 0 Å². The predicted octanol–water partition coefficient (Wildman–Crippen LogP) is 3.51. The third kappa shape index (κ3) is 3.73. The van der Waals surface area contributed by atoms with Crippen LogP contribution in [0.3, 0.4) is 0 Å². The second-order valence-corrected chi connectivity index (χ2v) is 4.97. The van der Waals surface area contributed by atoms with E-state index in [1.54, 1.807) is 14.2 Å². The molecule has 0 aliphatic carbocycles. The molecule has 1 heterocycles. The van der Waals surface area contributed by atoms with Crippen LogP contribution in [0.25, 0.3) is 0 Å². The van der Waals surface area contributed by atoms with Gasteiger partial charge in [-0.3, -0.25) is 4.98 Å². The number of pyridine rings is 1. The van der Waals surface area contributed by atoms with E-state index in [1.807, 2.05) is 42.6 Å². The highest BCUT2D eigenvalue weighted by Crippen LogP contribution is 2.30. The molecule has 0 saturated carbocycles. The molecular weight excluding hydrogens is 264 g/mol. The Bertz CT molecular complexity index is 572. The molecule has 2 unspecified atom stereocenters. The van der Waals surface area contributed by atoms with Gasteiger partial charge in [0.05, 0.1) is 19.9 Å². The Balaban J connectivity index is 2.18. The first-order valence-electron chi connectivity index (χ1n) is 7.04. The molecule has 2 aromatic rings. The van der Waals surface area contributed by atoms with E-state index < -0.39 is 0 Å². The van der Waals surface area contributed by atoms with E-state index in [4.69, 9.17) is 9.47 Å². The van der Waals surface area contributed by atoms with Crippen molar-refractivity contribution in [3.63, 3.8) is 0 Å². The predicted molar refractivity (Wildman–Crippen MR) is 83.7 cm³/mol. The van der Waals surface area contributed by atoms with Crippen LogP contribution < -0.4 is 14.8 Å². The van der Waals surface area contributed by atoms with Gasteiger partial charge in [0.1, 0.15) is 11.5 Å². The second-order valence-electron chi connectivity index (χ2n) is 4.97. The van der Waals surface area contributed by atoms with Gasteiger partial charge in [0.15, 0.2) is 0 Å². The summed E-state index contributed by atoms with van der Waals surface area (Å²) >= 11 is 0. The summed E-state index contributed by atoms with van der Waals surface area (Å²) in [5.41, 5.74) is 2.09. The highest BCUT2D eigenvalue weighted by Gasteiger charge is 2.16. The number of rotatable bonds is 6. The molecule has 1 aromatic carbocycles. The average molecular weight is 286 g/mol. The highest BCUT2D eigenvalue weighted by molar-refractivity contribution is 5.42. The maximum Gasteiger partial charge on any atom is 0.123 e. The van der Waals surface area contributed by atoms with Crippen LogP contribution in [-0.4, -0.2) is 19.2 Å². The molecule has 0 saturated heterocycles. The summed E-state index contributed by atoms with van der Waals surface area (Å²) < 4.78 is 10.7. The molecule has 0 bridgehead atoms. The summed E-state index contributed by atoms with van der Waals surface area (Å²) in [6.07, 6.45) is 1.81. The van der Waals surface area contributed by atoms with Crippen molar-refractivity contribution in [1.82, 2.24) is 10.3 Å². The smallest absolute Gasteiger partial charge is 0.123 e. The lowest BCUT2D eigenvalue weighted by atomic mass is 10.0. The first-order valence-corrected chi connectivity index (χ1v) is 7.04. The SMILES string of the molecule is COc1ccc(OC)c(C(C)NC(C)c2ccccn2)c1. The van der Waals surface area contributed by atoms with Gasteiger partial charge < -0.3 is 14.8 Å². The van der Waals surface area contributed by atoms with Crippen LogP contribution >= 0.6 is 0 Å². The average Bonchev–Trinajstić information content (AvgIpc) is 2.54. The Labute approximate surface area is 126 Å². The second kappa shape index (κ2) is 7.09. The summed E-state index contributed by atoms with van der Waals surface area (Å²) in [6, 6.07) is 12.0. The number of hydrogen-bond donors (Lipinski definition) is 1. The van der Waals surface area contributed by atoms with Gasteiger partial charge in [-0.1, -0.05) is 6.07 Å². The van der Waals surface area contributed by atoms with Crippen LogP contribution in [-0.2, 0) is 0 Å². The maximum atomic E-state index is 5.44. The van der Waals surface area contributed by atoms with Gasteiger partial charge in [0.2, 0.25) is 0 Å². The van der Waals surface area contributed by atoms with Crippen LogP contribution in [0.5, 0.6) is 11.5 Å². The van der Waals surface area contributed by atoms with Crippen molar-refractivity contribution >= 4 is 0 Å². The van der Waals surface area contributed by atoms with Gasteiger partial charge in [-0.05, 0) is 44.2 Å². The van der Waals surface area contributed by atoms with Crippen molar-refractivity contribution in [2.75, 3.05) is 14.2 Å². The topological polar surface area (TPSA) is 43.4 Å². The van der Waals surface area contributed by atoms with E-state index in [0.717, 1.165) is 22.8 Å². The zero-order chi connectivity index (χ0) is 15.2. The van der Waals surface area contributed by atoms with Crippen molar-refractivity contribution in [3.05, 3.63) is 53.9 Å². The molecule has 112 valence electrons. The van der Waals surface area contributed by atoms with Crippen LogP contribution in [0.2, 0.25) is 0 Å². The fraction of sp³-hybridized carbons (Fsp3) is 0.353. The molecule has 4 nitrogen and oxygen atoms in total. The zero-order valence-corrected chi connectivity index (χ0v) is 13.0. The normalized spacial score (nSPS) is 13.5. The Morgan fingerprint density at radius 3 is 2.43 bits per heavy atom. The van der Waals surface area contributed by atoms with E-state index in [-0.39, 0.29) is 12.1 Å². The monoisotopic (exact) mass is 286 g/mol. The molecule has 0 radical (unpaired) electrons. The lowest BCUT2D eigenvalue weighted by molar-refractivity contribution is 0.387. The number of nitrogens with one attached hydrogen (secondary N) is 1. The van der Waals surface area contributed by atoms with Crippen LogP contribution in [0, 0.1) is 0 Å². The van der Waals surface area contributed by atoms with Gasteiger partial charge in [-0.2, -0.15) is 0 Å². The minimum Gasteiger partial charge on any atom is -0.497 e. The molecule has 2 rings (SSSR count). The molecule has 0 aliphatic heterocycles. The van der Waals surface area contributed by atoms with Crippen LogP contribution in [0.1, 0.15) is 37.2 Å². The zero-order valence-electron chi connectivity index (χ0n) is 13.0. The molecule has 0 amide bonds. The minimum absolute atomic E-state index is 0.118. The molecule has 21 heavy (non-hydrogen) atoms. The third-order valence-corrected chi connectivity index (χ3v) is 3.53. The number of methoxy groups -OCH3 is 2. The third-order valence-electron chi connectivity index (χ3n) is 3.53. The molecule has 1 N–H and O–H groups in total. The first-order chi connectivity index (χ1) is 10.2. The summed E-state index contributed by atoms with van der Waals surface area (Å²) in [7, 11) is 3.35. The Morgan fingerprint density at radius 1 is 1.00 bits per heavy atom. The standard InChI is InChI=1S/C17H22N2O2/c1-12(19-13(2)16-7-5-6-10-18-16)15-11-14(20-3)8-9-17(15)21-4/h5-13,19H,1-4H3. The number of hydrogen-bond acceptors (Lipinski definition) is 4. The van der Waals surface area contributed by atoms with Gasteiger partial charge in [-0.25, -0.2) is 0 Å². The van der Waals surface area contributed by atoms with Crippen molar-refractivity contribution in [1.29, 1.82) is 0 Å². The largest absolute Gasteiger partial charge is 0.497 e. The van der Waals surface area contributed by atoms with Crippen molar-refractivity contribution in [2.45, 2.75) is 25.9 Å². The van der Waals surface area contributed by atoms with Crippen molar-refractivity contribution < 1.29 is 9.47 Å². The molecule has 4 heteroatoms. The van der Waals surface area contributed by atoms with E-state index >= 15 is 0 Å². The van der Waals surface area contributed by atoms with E-state index in [1.165, 1.54) is 0 Å². The number of nitrogens with zero attached hydrogens (tertiary/aromatic N) is 1. The molecular formula is C17H22N2O2. The first kappa shape index (κ1) is 15.3. The molecule has 0 aliphatic rings. The fourth-order valence-corrected chi connectivity index (χ4v) is 2.36. The quantitative estimate of drug-likeness (QED) is 0.882. The highest BCUT2D eigenvalue weighted by atomic mass is 16.5. The van der Waals surface area contributed by atoms with Crippen LogP contribution in [0.15, 0.2) is 42.6 Å². The number of benzene rings is 1. The molecule has 2 atom stereocenters. The molecule has 0 fully saturated rings. The maximum absolute atomic E-state index is 5.44. The Morgan fingerprint density at radius 2 is 1.81 bits per heavy atom. The molecule has 0 spiro atoms. The van der Waals surface area contributed by atoms with Crippen molar-refractivity contribution in [3.8, 4) is 11.5 Å². The van der Waals surface area contributed by atoms with Gasteiger partial charge in [0, 0.05) is 23.8 Å². The van der Waals surface area contributed by atoms with Gasteiger partial charge in [0.25, 0.3) is 0 Å². The lowest BCUT2D eigenvalue weighted by Crippen LogP contribution is -2.23. The van der Waals surface area contributed by atoms with Gasteiger partial charge >= 0.3 is 0 Å². The summed E-state index contributed by atoms with van der Waals surface area (Å²) in [5, 5.41) is 3.54. The summed E-state index contributed by atoms with van der Waals surface area (Å²) in [4.78, 5) is 4.38. The number of aromatic nitrogens is 1.